The summed E-state index contributed by atoms with van der Waals surface area (Å²) in [6, 6.07) is 0. The smallest absolute Gasteiger partial charge is 0.253 e. The second-order valence-electron chi connectivity index (χ2n) is 5.60. The monoisotopic (exact) mass is 269 g/mol. The van der Waals surface area contributed by atoms with Crippen molar-refractivity contribution < 1.29 is 9.53 Å². The molecule has 2 heterocycles. The summed E-state index contributed by atoms with van der Waals surface area (Å²) in [4.78, 5) is 16.8. The molecule has 110 valence electrons. The Labute approximate surface area is 116 Å². The van der Waals surface area contributed by atoms with Crippen molar-refractivity contribution in [2.75, 3.05) is 52.9 Å². The van der Waals surface area contributed by atoms with Crippen molar-refractivity contribution in [3.05, 3.63) is 0 Å². The van der Waals surface area contributed by atoms with E-state index in [9.17, 15) is 4.79 Å². The van der Waals surface area contributed by atoms with E-state index in [1.807, 2.05) is 11.9 Å². The molecule has 0 aromatic carbocycles. The van der Waals surface area contributed by atoms with Crippen LogP contribution in [0.1, 0.15) is 19.8 Å². The lowest BCUT2D eigenvalue weighted by Gasteiger charge is -2.38. The average Bonchev–Trinajstić information content (AvgIpc) is 2.47. The molecule has 2 unspecified atom stereocenters. The fourth-order valence-electron chi connectivity index (χ4n) is 3.06. The normalized spacial score (nSPS) is 29.5. The molecule has 0 aromatic rings. The zero-order chi connectivity index (χ0) is 13.7. The Morgan fingerprint density at radius 2 is 2.21 bits per heavy atom. The highest BCUT2D eigenvalue weighted by molar-refractivity contribution is 5.81. The molecular formula is C14H27N3O2. The van der Waals surface area contributed by atoms with Crippen LogP contribution in [0.3, 0.4) is 0 Å². The van der Waals surface area contributed by atoms with Crippen LogP contribution < -0.4 is 5.32 Å². The number of nitrogens with zero attached hydrogens (tertiary/aromatic N) is 2. The van der Waals surface area contributed by atoms with Gasteiger partial charge < -0.3 is 15.0 Å². The molecule has 5 nitrogen and oxygen atoms in total. The van der Waals surface area contributed by atoms with Crippen molar-refractivity contribution >= 4 is 5.91 Å². The third-order valence-corrected chi connectivity index (χ3v) is 4.20. The first kappa shape index (κ1) is 14.8. The van der Waals surface area contributed by atoms with E-state index in [4.69, 9.17) is 4.74 Å². The molecule has 2 saturated heterocycles. The van der Waals surface area contributed by atoms with Gasteiger partial charge in [0.25, 0.3) is 5.91 Å². The van der Waals surface area contributed by atoms with E-state index < -0.39 is 0 Å². The number of likely N-dealkylation sites (N-methyl/N-ethyl adjacent to an activating group) is 1. The quantitative estimate of drug-likeness (QED) is 0.790. The zero-order valence-corrected chi connectivity index (χ0v) is 12.2. The first-order valence-electron chi connectivity index (χ1n) is 7.52. The summed E-state index contributed by atoms with van der Waals surface area (Å²) >= 11 is 0. The molecule has 0 aromatic heterocycles. The van der Waals surface area contributed by atoms with Crippen molar-refractivity contribution in [3.63, 3.8) is 0 Å². The molecule has 2 aliphatic heterocycles. The Bertz CT molecular complexity index is 296. The Kier molecular flexibility index (Phi) is 5.60. The first-order valence-corrected chi connectivity index (χ1v) is 7.52. The van der Waals surface area contributed by atoms with Gasteiger partial charge in [0.1, 0.15) is 6.10 Å². The molecule has 0 radical (unpaired) electrons. The molecule has 2 fully saturated rings. The number of likely N-dealkylation sites (tertiary alicyclic amines) is 1. The number of carbonyl (C=O) groups is 1. The third-order valence-electron chi connectivity index (χ3n) is 4.20. The molecule has 1 N–H and O–H groups in total. The molecule has 19 heavy (non-hydrogen) atoms. The number of hydrogen-bond donors (Lipinski definition) is 1. The lowest BCUT2D eigenvalue weighted by atomic mass is 9.97. The van der Waals surface area contributed by atoms with E-state index in [0.717, 1.165) is 45.7 Å². The number of carbonyl (C=O) groups excluding carboxylic acids is 1. The molecule has 0 aliphatic carbocycles. The van der Waals surface area contributed by atoms with E-state index in [0.29, 0.717) is 12.5 Å². The fourth-order valence-corrected chi connectivity index (χ4v) is 3.06. The summed E-state index contributed by atoms with van der Waals surface area (Å²) < 4.78 is 5.67. The molecule has 2 atom stereocenters. The molecule has 0 spiro atoms. The minimum absolute atomic E-state index is 0.193. The SMILES string of the molecule is CCN1CCOC(C(=O)N2CCCC(CNC)C2)C1. The average molecular weight is 269 g/mol. The standard InChI is InChI=1S/C14H27N3O2/c1-3-16-7-8-19-13(11-16)14(18)17-6-4-5-12(10-17)9-15-2/h12-13,15H,3-11H2,1-2H3. The topological polar surface area (TPSA) is 44.8 Å². The van der Waals surface area contributed by atoms with Crippen molar-refractivity contribution in [2.45, 2.75) is 25.9 Å². The Balaban J connectivity index is 1.87. The van der Waals surface area contributed by atoms with Gasteiger partial charge in [0.15, 0.2) is 0 Å². The molecular weight excluding hydrogens is 242 g/mol. The van der Waals surface area contributed by atoms with Crippen LogP contribution in [-0.2, 0) is 9.53 Å². The van der Waals surface area contributed by atoms with E-state index in [1.54, 1.807) is 0 Å². The van der Waals surface area contributed by atoms with Crippen molar-refractivity contribution in [1.82, 2.24) is 15.1 Å². The van der Waals surface area contributed by atoms with Gasteiger partial charge >= 0.3 is 0 Å². The number of piperidine rings is 1. The maximum absolute atomic E-state index is 12.5. The van der Waals surface area contributed by atoms with Gasteiger partial charge in [0.05, 0.1) is 6.61 Å². The Hall–Kier alpha value is -0.650. The molecule has 1 amide bonds. The van der Waals surface area contributed by atoms with Crippen LogP contribution in [0.2, 0.25) is 0 Å². The molecule has 0 saturated carbocycles. The van der Waals surface area contributed by atoms with Gasteiger partial charge in [-0.1, -0.05) is 6.92 Å². The van der Waals surface area contributed by atoms with E-state index in [-0.39, 0.29) is 12.0 Å². The summed E-state index contributed by atoms with van der Waals surface area (Å²) in [7, 11) is 1.98. The van der Waals surface area contributed by atoms with Crippen LogP contribution in [-0.4, -0.2) is 74.7 Å². The van der Waals surface area contributed by atoms with Crippen LogP contribution >= 0.6 is 0 Å². The minimum Gasteiger partial charge on any atom is -0.366 e. The number of morpholine rings is 1. The van der Waals surface area contributed by atoms with Gasteiger partial charge in [-0.05, 0) is 38.9 Å². The summed E-state index contributed by atoms with van der Waals surface area (Å²) in [5.41, 5.74) is 0. The van der Waals surface area contributed by atoms with Crippen molar-refractivity contribution in [3.8, 4) is 0 Å². The van der Waals surface area contributed by atoms with Gasteiger partial charge in [0.2, 0.25) is 0 Å². The largest absolute Gasteiger partial charge is 0.366 e. The fraction of sp³-hybridized carbons (Fsp3) is 0.929. The highest BCUT2D eigenvalue weighted by Crippen LogP contribution is 2.18. The molecule has 2 rings (SSSR count). The predicted molar refractivity (Wildman–Crippen MR) is 75.1 cm³/mol. The summed E-state index contributed by atoms with van der Waals surface area (Å²) in [6.45, 7) is 8.28. The summed E-state index contributed by atoms with van der Waals surface area (Å²) in [5.74, 6) is 0.785. The maximum Gasteiger partial charge on any atom is 0.253 e. The minimum atomic E-state index is -0.248. The van der Waals surface area contributed by atoms with Gasteiger partial charge in [-0.15, -0.1) is 0 Å². The van der Waals surface area contributed by atoms with Gasteiger partial charge in [-0.3, -0.25) is 9.69 Å². The van der Waals surface area contributed by atoms with E-state index >= 15 is 0 Å². The van der Waals surface area contributed by atoms with Gasteiger partial charge in [-0.25, -0.2) is 0 Å². The number of ether oxygens (including phenoxy) is 1. The third kappa shape index (κ3) is 3.91. The second-order valence-corrected chi connectivity index (χ2v) is 5.60. The lowest BCUT2D eigenvalue weighted by Crippen LogP contribution is -2.53. The number of amides is 1. The van der Waals surface area contributed by atoms with Crippen LogP contribution in [0.4, 0.5) is 0 Å². The molecule has 5 heteroatoms. The number of rotatable bonds is 4. The van der Waals surface area contributed by atoms with E-state index in [1.165, 1.54) is 6.42 Å². The van der Waals surface area contributed by atoms with Crippen LogP contribution in [0.5, 0.6) is 0 Å². The highest BCUT2D eigenvalue weighted by Gasteiger charge is 2.32. The van der Waals surface area contributed by atoms with E-state index in [2.05, 4.69) is 17.1 Å². The maximum atomic E-state index is 12.5. The Morgan fingerprint density at radius 1 is 1.37 bits per heavy atom. The predicted octanol–water partition coefficient (Wildman–Crippen LogP) is 0.165. The van der Waals surface area contributed by atoms with Crippen LogP contribution in [0, 0.1) is 5.92 Å². The van der Waals surface area contributed by atoms with Crippen molar-refractivity contribution in [2.24, 2.45) is 5.92 Å². The molecule has 0 bridgehead atoms. The lowest BCUT2D eigenvalue weighted by molar-refractivity contribution is -0.151. The zero-order valence-electron chi connectivity index (χ0n) is 12.2. The summed E-state index contributed by atoms with van der Waals surface area (Å²) in [5, 5.41) is 3.22. The van der Waals surface area contributed by atoms with Crippen LogP contribution in [0.25, 0.3) is 0 Å². The van der Waals surface area contributed by atoms with Gasteiger partial charge in [0, 0.05) is 26.2 Å². The Morgan fingerprint density at radius 3 is 2.95 bits per heavy atom. The van der Waals surface area contributed by atoms with Crippen LogP contribution in [0.15, 0.2) is 0 Å². The van der Waals surface area contributed by atoms with Gasteiger partial charge in [-0.2, -0.15) is 0 Å². The number of nitrogens with one attached hydrogen (secondary N) is 1. The van der Waals surface area contributed by atoms with Crippen molar-refractivity contribution in [1.29, 1.82) is 0 Å². The highest BCUT2D eigenvalue weighted by atomic mass is 16.5. The first-order chi connectivity index (χ1) is 9.24. The number of hydrogen-bond acceptors (Lipinski definition) is 4. The molecule has 2 aliphatic rings. The second kappa shape index (κ2) is 7.22. The summed E-state index contributed by atoms with van der Waals surface area (Å²) in [6.07, 6.45) is 2.08.